The lowest BCUT2D eigenvalue weighted by atomic mass is 9.45. The van der Waals surface area contributed by atoms with Gasteiger partial charge >= 0.3 is 0 Å². The van der Waals surface area contributed by atoms with Gasteiger partial charge < -0.3 is 4.90 Å². The van der Waals surface area contributed by atoms with E-state index in [9.17, 15) is 0 Å². The molecule has 0 unspecified atom stereocenters. The van der Waals surface area contributed by atoms with Crippen LogP contribution in [0.4, 0.5) is 0 Å². The summed E-state index contributed by atoms with van der Waals surface area (Å²) in [6.45, 7) is 4.97. The molecule has 0 aromatic rings. The molecule has 0 spiro atoms. The van der Waals surface area contributed by atoms with Crippen LogP contribution in [0.5, 0.6) is 0 Å². The average molecular weight is 221 g/mol. The fourth-order valence-electron chi connectivity index (χ4n) is 5.33. The van der Waals surface area contributed by atoms with Gasteiger partial charge in [-0.05, 0) is 89.6 Å². The Morgan fingerprint density at radius 1 is 0.875 bits per heavy atom. The van der Waals surface area contributed by atoms with Crippen LogP contribution >= 0.6 is 0 Å². The summed E-state index contributed by atoms with van der Waals surface area (Å²) in [5.41, 5.74) is 1.04. The van der Waals surface area contributed by atoms with Gasteiger partial charge in [-0.1, -0.05) is 0 Å². The molecular weight excluding hydrogens is 194 g/mol. The van der Waals surface area contributed by atoms with Gasteiger partial charge in [0.25, 0.3) is 0 Å². The summed E-state index contributed by atoms with van der Waals surface area (Å²) in [5.74, 6) is 3.22. The molecule has 4 aliphatic rings. The third-order valence-corrected chi connectivity index (χ3v) is 6.45. The number of hydrogen-bond acceptors (Lipinski definition) is 1. The second-order valence-electron chi connectivity index (χ2n) is 7.65. The number of hydrogen-bond donors (Lipinski definition) is 0. The van der Waals surface area contributed by atoms with E-state index in [1.165, 1.54) is 19.3 Å². The van der Waals surface area contributed by atoms with Crippen molar-refractivity contribution in [3.8, 4) is 0 Å². The molecule has 92 valence electrons. The molecule has 1 nitrogen and oxygen atoms in total. The smallest absolute Gasteiger partial charge is 0.0203 e. The van der Waals surface area contributed by atoms with Crippen molar-refractivity contribution in [3.63, 3.8) is 0 Å². The molecule has 0 atom stereocenters. The molecule has 4 aliphatic carbocycles. The Morgan fingerprint density at radius 3 is 1.56 bits per heavy atom. The Balaban J connectivity index is 1.94. The largest absolute Gasteiger partial charge is 0.304 e. The maximum absolute atomic E-state index is 2.49. The van der Waals surface area contributed by atoms with Crippen molar-refractivity contribution in [2.24, 2.45) is 23.2 Å². The topological polar surface area (TPSA) is 3.24 Å². The van der Waals surface area contributed by atoms with Gasteiger partial charge in [0.2, 0.25) is 0 Å². The lowest BCUT2D eigenvalue weighted by Gasteiger charge is -2.64. The van der Waals surface area contributed by atoms with E-state index < -0.39 is 0 Å². The quantitative estimate of drug-likeness (QED) is 0.689. The first-order chi connectivity index (χ1) is 7.43. The molecule has 0 aromatic carbocycles. The summed E-state index contributed by atoms with van der Waals surface area (Å²) in [5, 5.41) is 0. The molecule has 0 N–H and O–H groups in total. The first kappa shape index (κ1) is 11.1. The van der Waals surface area contributed by atoms with Crippen LogP contribution in [0.2, 0.25) is 0 Å². The predicted molar refractivity (Wildman–Crippen MR) is 68.4 cm³/mol. The minimum Gasteiger partial charge on any atom is -0.304 e. The molecule has 4 rings (SSSR count). The molecule has 4 bridgehead atoms. The molecule has 0 saturated heterocycles. The van der Waals surface area contributed by atoms with E-state index in [4.69, 9.17) is 0 Å². The number of rotatable bonds is 2. The van der Waals surface area contributed by atoms with E-state index in [-0.39, 0.29) is 0 Å². The average Bonchev–Trinajstić information content (AvgIpc) is 2.14. The first-order valence-electron chi connectivity index (χ1n) is 7.10. The van der Waals surface area contributed by atoms with E-state index in [2.05, 4.69) is 32.8 Å². The minimum atomic E-state index is 0.392. The van der Waals surface area contributed by atoms with E-state index >= 15 is 0 Å². The van der Waals surface area contributed by atoms with E-state index in [0.717, 1.165) is 17.8 Å². The molecule has 0 amide bonds. The van der Waals surface area contributed by atoms with Gasteiger partial charge in [0.15, 0.2) is 0 Å². The molecular formula is C15H27N. The Labute approximate surface area is 101 Å². The molecule has 0 aliphatic heterocycles. The minimum absolute atomic E-state index is 0.392. The predicted octanol–water partition coefficient (Wildman–Crippen LogP) is 3.54. The fraction of sp³-hybridized carbons (Fsp3) is 1.00. The molecule has 1 heteroatoms. The van der Waals surface area contributed by atoms with Crippen LogP contribution in [0.25, 0.3) is 0 Å². The molecule has 16 heavy (non-hydrogen) atoms. The lowest BCUT2D eigenvalue weighted by Crippen LogP contribution is -2.60. The Morgan fingerprint density at radius 2 is 1.25 bits per heavy atom. The van der Waals surface area contributed by atoms with Crippen LogP contribution in [0.3, 0.4) is 0 Å². The van der Waals surface area contributed by atoms with Gasteiger partial charge in [-0.3, -0.25) is 0 Å². The SMILES string of the molecule is CN(C)C(C)(C)C12CC3CC(CC(C3)C1)C2. The zero-order valence-electron chi connectivity index (χ0n) is 11.4. The number of nitrogens with zero attached hydrogens (tertiary/aromatic N) is 1. The third kappa shape index (κ3) is 1.33. The fourth-order valence-corrected chi connectivity index (χ4v) is 5.33. The monoisotopic (exact) mass is 221 g/mol. The highest BCUT2D eigenvalue weighted by molar-refractivity contribution is 5.09. The third-order valence-electron chi connectivity index (χ3n) is 6.45. The van der Waals surface area contributed by atoms with Gasteiger partial charge in [-0.2, -0.15) is 0 Å². The van der Waals surface area contributed by atoms with Crippen LogP contribution in [-0.2, 0) is 0 Å². The van der Waals surface area contributed by atoms with E-state index in [0.29, 0.717) is 11.0 Å². The first-order valence-corrected chi connectivity index (χ1v) is 7.10. The van der Waals surface area contributed by atoms with Crippen molar-refractivity contribution < 1.29 is 0 Å². The van der Waals surface area contributed by atoms with Crippen molar-refractivity contribution in [3.05, 3.63) is 0 Å². The normalized spacial score (nSPS) is 46.7. The second-order valence-corrected chi connectivity index (χ2v) is 7.65. The lowest BCUT2D eigenvalue weighted by molar-refractivity contribution is -0.126. The van der Waals surface area contributed by atoms with Crippen LogP contribution in [0.1, 0.15) is 52.4 Å². The molecule has 0 radical (unpaired) electrons. The molecule has 4 saturated carbocycles. The summed E-state index contributed by atoms with van der Waals surface area (Å²) < 4.78 is 0. The highest BCUT2D eigenvalue weighted by atomic mass is 15.2. The highest BCUT2D eigenvalue weighted by Crippen LogP contribution is 2.64. The van der Waals surface area contributed by atoms with Gasteiger partial charge in [0.05, 0.1) is 0 Å². The Hall–Kier alpha value is -0.0400. The van der Waals surface area contributed by atoms with Crippen LogP contribution in [-0.4, -0.2) is 24.5 Å². The summed E-state index contributed by atoms with van der Waals surface area (Å²) >= 11 is 0. The zero-order chi connectivity index (χ0) is 11.6. The summed E-state index contributed by atoms with van der Waals surface area (Å²) in [6, 6.07) is 0. The van der Waals surface area contributed by atoms with Gasteiger partial charge in [-0.15, -0.1) is 0 Å². The van der Waals surface area contributed by atoms with Crippen molar-refractivity contribution in [2.75, 3.05) is 14.1 Å². The van der Waals surface area contributed by atoms with Crippen LogP contribution < -0.4 is 0 Å². The van der Waals surface area contributed by atoms with Crippen molar-refractivity contribution in [1.82, 2.24) is 4.90 Å². The van der Waals surface area contributed by atoms with Crippen molar-refractivity contribution >= 4 is 0 Å². The maximum atomic E-state index is 2.49. The maximum Gasteiger partial charge on any atom is 0.0203 e. The molecule has 4 fully saturated rings. The van der Waals surface area contributed by atoms with Gasteiger partial charge in [0.1, 0.15) is 0 Å². The zero-order valence-corrected chi connectivity index (χ0v) is 11.4. The molecule has 0 heterocycles. The van der Waals surface area contributed by atoms with Crippen LogP contribution in [0.15, 0.2) is 0 Å². The van der Waals surface area contributed by atoms with Gasteiger partial charge in [-0.25, -0.2) is 0 Å². The van der Waals surface area contributed by atoms with E-state index in [1.54, 1.807) is 19.3 Å². The summed E-state index contributed by atoms with van der Waals surface area (Å²) in [6.07, 6.45) is 9.23. The summed E-state index contributed by atoms with van der Waals surface area (Å²) in [4.78, 5) is 2.49. The van der Waals surface area contributed by atoms with Crippen molar-refractivity contribution in [2.45, 2.75) is 57.9 Å². The Bertz CT molecular complexity index is 255. The summed E-state index contributed by atoms with van der Waals surface area (Å²) in [7, 11) is 4.55. The van der Waals surface area contributed by atoms with Crippen molar-refractivity contribution in [1.29, 1.82) is 0 Å². The molecule has 0 aromatic heterocycles. The Kier molecular flexibility index (Phi) is 2.25. The second kappa shape index (κ2) is 3.25. The standard InChI is InChI=1S/C15H27N/c1-14(2,16(3)4)15-8-11-5-12(9-15)7-13(6-11)10-15/h11-13H,5-10H2,1-4H3. The highest BCUT2D eigenvalue weighted by Gasteiger charge is 2.57. The van der Waals surface area contributed by atoms with Crippen LogP contribution in [0, 0.1) is 23.2 Å². The van der Waals surface area contributed by atoms with Gasteiger partial charge in [0, 0.05) is 5.54 Å². The van der Waals surface area contributed by atoms with E-state index in [1.807, 2.05) is 0 Å².